The molecule has 1 aliphatic heterocycles. The first kappa shape index (κ1) is 15.0. The third-order valence-electron chi connectivity index (χ3n) is 3.47. The van der Waals surface area contributed by atoms with E-state index in [9.17, 15) is 4.79 Å². The Kier molecular flexibility index (Phi) is 5.63. The van der Waals surface area contributed by atoms with Crippen LogP contribution in [0, 0.1) is 6.92 Å². The van der Waals surface area contributed by atoms with Crippen LogP contribution in [0.5, 0.6) is 0 Å². The Labute approximate surface area is 115 Å². The van der Waals surface area contributed by atoms with E-state index in [1.807, 2.05) is 31.2 Å². The maximum absolute atomic E-state index is 12.1. The predicted octanol–water partition coefficient (Wildman–Crippen LogP) is 2.29. The minimum atomic E-state index is 0. The molecule has 1 aromatic rings. The molecule has 2 unspecified atom stereocenters. The van der Waals surface area contributed by atoms with Crippen LogP contribution in [-0.2, 0) is 0 Å². The first-order valence-electron chi connectivity index (χ1n) is 6.28. The number of carbonyl (C=O) groups excluding carboxylic acids is 1. The van der Waals surface area contributed by atoms with Gasteiger partial charge in [0.1, 0.15) is 0 Å². The Morgan fingerprint density at radius 1 is 1.39 bits per heavy atom. The summed E-state index contributed by atoms with van der Waals surface area (Å²) in [6.45, 7) is 5.15. The van der Waals surface area contributed by atoms with E-state index in [-0.39, 0.29) is 24.4 Å². The van der Waals surface area contributed by atoms with Crippen molar-refractivity contribution in [2.45, 2.75) is 38.8 Å². The van der Waals surface area contributed by atoms with Gasteiger partial charge in [0, 0.05) is 17.6 Å². The number of benzene rings is 1. The number of rotatable bonds is 2. The van der Waals surface area contributed by atoms with Crippen LogP contribution in [0.3, 0.4) is 0 Å². The Bertz CT molecular complexity index is 409. The number of amides is 1. The molecule has 2 N–H and O–H groups in total. The van der Waals surface area contributed by atoms with Crippen molar-refractivity contribution in [3.63, 3.8) is 0 Å². The summed E-state index contributed by atoms with van der Waals surface area (Å²) in [6, 6.07) is 8.32. The van der Waals surface area contributed by atoms with Crippen LogP contribution in [0.2, 0.25) is 0 Å². The van der Waals surface area contributed by atoms with Crippen LogP contribution in [0.25, 0.3) is 0 Å². The summed E-state index contributed by atoms with van der Waals surface area (Å²) < 4.78 is 0. The molecule has 0 spiro atoms. The van der Waals surface area contributed by atoms with Crippen molar-refractivity contribution in [2.75, 3.05) is 6.54 Å². The summed E-state index contributed by atoms with van der Waals surface area (Å²) in [5, 5.41) is 6.51. The molecule has 4 heteroatoms. The zero-order valence-electron chi connectivity index (χ0n) is 10.9. The molecule has 2 atom stereocenters. The number of nitrogens with one attached hydrogen (secondary N) is 2. The first-order chi connectivity index (χ1) is 8.18. The summed E-state index contributed by atoms with van der Waals surface area (Å²) in [5.74, 6) is 0.0450. The van der Waals surface area contributed by atoms with Crippen molar-refractivity contribution in [2.24, 2.45) is 0 Å². The number of piperidine rings is 1. The topological polar surface area (TPSA) is 41.1 Å². The van der Waals surface area contributed by atoms with Crippen molar-refractivity contribution in [1.29, 1.82) is 0 Å². The highest BCUT2D eigenvalue weighted by molar-refractivity contribution is 5.95. The highest BCUT2D eigenvalue weighted by Gasteiger charge is 2.23. The van der Waals surface area contributed by atoms with E-state index in [1.54, 1.807) is 0 Å². The van der Waals surface area contributed by atoms with E-state index in [2.05, 4.69) is 17.6 Å². The highest BCUT2D eigenvalue weighted by Crippen LogP contribution is 2.11. The monoisotopic (exact) mass is 268 g/mol. The average Bonchev–Trinajstić information content (AvgIpc) is 2.32. The Balaban J connectivity index is 0.00000162. The second kappa shape index (κ2) is 6.76. The smallest absolute Gasteiger partial charge is 0.251 e. The molecule has 3 nitrogen and oxygen atoms in total. The fraction of sp³-hybridized carbons (Fsp3) is 0.500. The van der Waals surface area contributed by atoms with Crippen molar-refractivity contribution < 1.29 is 4.79 Å². The van der Waals surface area contributed by atoms with Gasteiger partial charge in [0.15, 0.2) is 0 Å². The van der Waals surface area contributed by atoms with Crippen LogP contribution in [-0.4, -0.2) is 24.5 Å². The predicted molar refractivity (Wildman–Crippen MR) is 76.4 cm³/mol. The molecule has 2 rings (SSSR count). The van der Waals surface area contributed by atoms with Crippen molar-refractivity contribution in [3.8, 4) is 0 Å². The van der Waals surface area contributed by atoms with Crippen LogP contribution in [0.15, 0.2) is 24.3 Å². The zero-order chi connectivity index (χ0) is 12.3. The maximum Gasteiger partial charge on any atom is 0.251 e. The second-order valence-corrected chi connectivity index (χ2v) is 4.78. The van der Waals surface area contributed by atoms with Crippen molar-refractivity contribution in [1.82, 2.24) is 10.6 Å². The number of halogens is 1. The van der Waals surface area contributed by atoms with Crippen LogP contribution >= 0.6 is 12.4 Å². The SMILES string of the molecule is Cc1ccccc1C(=O)NC1CCCNC1C.Cl. The van der Waals surface area contributed by atoms with E-state index < -0.39 is 0 Å². The fourth-order valence-electron chi connectivity index (χ4n) is 2.31. The number of hydrogen-bond acceptors (Lipinski definition) is 2. The van der Waals surface area contributed by atoms with Gasteiger partial charge in [-0.2, -0.15) is 0 Å². The Morgan fingerprint density at radius 3 is 2.78 bits per heavy atom. The van der Waals surface area contributed by atoms with E-state index in [0.29, 0.717) is 6.04 Å². The second-order valence-electron chi connectivity index (χ2n) is 4.78. The van der Waals surface area contributed by atoms with Gasteiger partial charge < -0.3 is 10.6 Å². The van der Waals surface area contributed by atoms with Crippen LogP contribution in [0.1, 0.15) is 35.7 Å². The largest absolute Gasteiger partial charge is 0.348 e. The van der Waals surface area contributed by atoms with Crippen molar-refractivity contribution in [3.05, 3.63) is 35.4 Å². The zero-order valence-corrected chi connectivity index (χ0v) is 11.7. The van der Waals surface area contributed by atoms with Gasteiger partial charge in [0.2, 0.25) is 0 Å². The standard InChI is InChI=1S/C14H20N2O.ClH/c1-10-6-3-4-7-12(10)14(17)16-13-8-5-9-15-11(13)2;/h3-4,6-7,11,13,15H,5,8-9H2,1-2H3,(H,16,17);1H. The van der Waals surface area contributed by atoms with Gasteiger partial charge in [-0.15, -0.1) is 12.4 Å². The minimum absolute atomic E-state index is 0. The summed E-state index contributed by atoms with van der Waals surface area (Å²) >= 11 is 0. The van der Waals surface area contributed by atoms with Crippen LogP contribution < -0.4 is 10.6 Å². The normalized spacial score (nSPS) is 23.0. The van der Waals surface area contributed by atoms with Gasteiger partial charge in [0.05, 0.1) is 0 Å². The molecule has 0 aliphatic carbocycles. The molecule has 1 amide bonds. The van der Waals surface area contributed by atoms with Gasteiger partial charge in [0.25, 0.3) is 5.91 Å². The lowest BCUT2D eigenvalue weighted by atomic mass is 9.99. The molecule has 1 fully saturated rings. The van der Waals surface area contributed by atoms with E-state index >= 15 is 0 Å². The number of hydrogen-bond donors (Lipinski definition) is 2. The summed E-state index contributed by atoms with van der Waals surface area (Å²) in [4.78, 5) is 12.1. The molecule has 0 radical (unpaired) electrons. The maximum atomic E-state index is 12.1. The van der Waals surface area contributed by atoms with Gasteiger partial charge in [-0.3, -0.25) is 4.79 Å². The Morgan fingerprint density at radius 2 is 2.11 bits per heavy atom. The molecule has 0 aromatic heterocycles. The summed E-state index contributed by atoms with van der Waals surface area (Å²) in [5.41, 5.74) is 1.81. The first-order valence-corrected chi connectivity index (χ1v) is 6.28. The van der Waals surface area contributed by atoms with E-state index in [1.165, 1.54) is 0 Å². The molecule has 1 saturated heterocycles. The lowest BCUT2D eigenvalue weighted by Crippen LogP contribution is -2.52. The highest BCUT2D eigenvalue weighted by atomic mass is 35.5. The third kappa shape index (κ3) is 3.47. The van der Waals surface area contributed by atoms with Gasteiger partial charge >= 0.3 is 0 Å². The molecular formula is C14H21ClN2O. The van der Waals surface area contributed by atoms with E-state index in [0.717, 1.165) is 30.5 Å². The molecule has 1 aliphatic rings. The van der Waals surface area contributed by atoms with E-state index in [4.69, 9.17) is 0 Å². The molecule has 100 valence electrons. The van der Waals surface area contributed by atoms with Crippen LogP contribution in [0.4, 0.5) is 0 Å². The average molecular weight is 269 g/mol. The van der Waals surface area contributed by atoms with Gasteiger partial charge in [-0.1, -0.05) is 18.2 Å². The van der Waals surface area contributed by atoms with Crippen molar-refractivity contribution >= 4 is 18.3 Å². The quantitative estimate of drug-likeness (QED) is 0.864. The van der Waals surface area contributed by atoms with Gasteiger partial charge in [-0.05, 0) is 44.9 Å². The summed E-state index contributed by atoms with van der Waals surface area (Å²) in [6.07, 6.45) is 2.19. The molecule has 0 saturated carbocycles. The Hall–Kier alpha value is -1.06. The molecular weight excluding hydrogens is 248 g/mol. The molecule has 1 aromatic carbocycles. The number of carbonyl (C=O) groups is 1. The molecule has 0 bridgehead atoms. The number of aryl methyl sites for hydroxylation is 1. The summed E-state index contributed by atoms with van der Waals surface area (Å²) in [7, 11) is 0. The fourth-order valence-corrected chi connectivity index (χ4v) is 2.31. The van der Waals surface area contributed by atoms with Gasteiger partial charge in [-0.25, -0.2) is 0 Å². The molecule has 1 heterocycles. The minimum Gasteiger partial charge on any atom is -0.348 e. The lowest BCUT2D eigenvalue weighted by molar-refractivity contribution is 0.0919. The lowest BCUT2D eigenvalue weighted by Gasteiger charge is -2.30. The third-order valence-corrected chi connectivity index (χ3v) is 3.47. The molecule has 18 heavy (non-hydrogen) atoms.